The van der Waals surface area contributed by atoms with E-state index in [2.05, 4.69) is 15.5 Å². The molecular weight excluding hydrogens is 224 g/mol. The highest BCUT2D eigenvalue weighted by Gasteiger charge is 2.23. The number of aromatic nitrogens is 2. The second kappa shape index (κ2) is 5.46. The number of nitrogens with zero attached hydrogens (tertiary/aromatic N) is 2. The van der Waals surface area contributed by atoms with Crippen LogP contribution in [0, 0.1) is 5.92 Å². The molecule has 2 atom stereocenters. The molecule has 1 saturated carbocycles. The molecule has 3 N–H and O–H groups in total. The molecular formula is C11H17ClN4. The van der Waals surface area contributed by atoms with Gasteiger partial charge in [0.25, 0.3) is 0 Å². The fourth-order valence-electron chi connectivity index (χ4n) is 2.26. The largest absolute Gasteiger partial charge is 0.366 e. The molecule has 4 nitrogen and oxygen atoms in total. The molecule has 0 bridgehead atoms. The number of hydrogen-bond acceptors (Lipinski definition) is 4. The molecule has 1 aliphatic rings. The average molecular weight is 241 g/mol. The topological polar surface area (TPSA) is 63.8 Å². The molecule has 0 aliphatic heterocycles. The van der Waals surface area contributed by atoms with Gasteiger partial charge in [0.1, 0.15) is 5.82 Å². The Morgan fingerprint density at radius 2 is 2.12 bits per heavy atom. The van der Waals surface area contributed by atoms with Crippen LogP contribution in [-0.4, -0.2) is 22.8 Å². The highest BCUT2D eigenvalue weighted by Crippen LogP contribution is 2.25. The van der Waals surface area contributed by atoms with Crippen LogP contribution in [0.25, 0.3) is 0 Å². The minimum absolute atomic E-state index is 0.421. The van der Waals surface area contributed by atoms with E-state index in [1.807, 2.05) is 6.07 Å². The predicted molar refractivity (Wildman–Crippen MR) is 65.5 cm³/mol. The summed E-state index contributed by atoms with van der Waals surface area (Å²) in [5, 5.41) is 11.6. The molecule has 0 saturated heterocycles. The third-order valence-electron chi connectivity index (χ3n) is 3.18. The maximum Gasteiger partial charge on any atom is 0.151 e. The molecule has 0 amide bonds. The molecule has 1 aliphatic carbocycles. The molecule has 0 radical (unpaired) electrons. The zero-order valence-corrected chi connectivity index (χ0v) is 9.95. The van der Waals surface area contributed by atoms with Crippen LogP contribution >= 0.6 is 11.6 Å². The lowest BCUT2D eigenvalue weighted by atomic mass is 9.84. The Kier molecular flexibility index (Phi) is 3.96. The zero-order chi connectivity index (χ0) is 11.4. The van der Waals surface area contributed by atoms with Gasteiger partial charge in [0.05, 0.1) is 0 Å². The molecule has 88 valence electrons. The molecule has 0 aromatic carbocycles. The van der Waals surface area contributed by atoms with Crippen LogP contribution < -0.4 is 11.1 Å². The number of nitrogens with one attached hydrogen (secondary N) is 1. The maximum atomic E-state index is 5.77. The predicted octanol–water partition coefficient (Wildman–Crippen LogP) is 2.06. The second-order valence-electron chi connectivity index (χ2n) is 4.27. The van der Waals surface area contributed by atoms with Gasteiger partial charge < -0.3 is 11.1 Å². The van der Waals surface area contributed by atoms with Crippen molar-refractivity contribution in [1.29, 1.82) is 0 Å². The smallest absolute Gasteiger partial charge is 0.151 e. The van der Waals surface area contributed by atoms with Crippen molar-refractivity contribution >= 4 is 17.4 Å². The van der Waals surface area contributed by atoms with Gasteiger partial charge in [0.15, 0.2) is 5.15 Å². The van der Waals surface area contributed by atoms with Crippen LogP contribution in [0.2, 0.25) is 5.15 Å². The summed E-state index contributed by atoms with van der Waals surface area (Å²) in [7, 11) is 0. The van der Waals surface area contributed by atoms with E-state index < -0.39 is 0 Å². The van der Waals surface area contributed by atoms with Crippen molar-refractivity contribution in [2.24, 2.45) is 11.7 Å². The molecule has 1 aromatic rings. The number of hydrogen-bond donors (Lipinski definition) is 2. The maximum absolute atomic E-state index is 5.77. The highest BCUT2D eigenvalue weighted by atomic mass is 35.5. The second-order valence-corrected chi connectivity index (χ2v) is 4.66. The third kappa shape index (κ3) is 2.83. The Bertz CT molecular complexity index is 327. The summed E-state index contributed by atoms with van der Waals surface area (Å²) >= 11 is 5.69. The van der Waals surface area contributed by atoms with Crippen molar-refractivity contribution in [3.63, 3.8) is 0 Å². The number of anilines is 1. The van der Waals surface area contributed by atoms with Crippen molar-refractivity contribution in [2.75, 3.05) is 11.9 Å². The van der Waals surface area contributed by atoms with Gasteiger partial charge in [0.2, 0.25) is 0 Å². The van der Waals surface area contributed by atoms with E-state index in [1.165, 1.54) is 19.3 Å². The quantitative estimate of drug-likeness (QED) is 0.849. The Hall–Kier alpha value is -0.870. The first kappa shape index (κ1) is 11.6. The number of nitrogens with two attached hydrogens (primary N) is 1. The first-order valence-electron chi connectivity index (χ1n) is 5.75. The minimum Gasteiger partial charge on any atom is -0.366 e. The molecule has 1 aromatic heterocycles. The molecule has 16 heavy (non-hydrogen) atoms. The SMILES string of the molecule is NCC1CCCCC1Nc1ccc(Cl)nn1. The summed E-state index contributed by atoms with van der Waals surface area (Å²) in [6.45, 7) is 0.735. The van der Waals surface area contributed by atoms with E-state index in [0.717, 1.165) is 18.8 Å². The Labute approximate surface area is 101 Å². The first-order valence-corrected chi connectivity index (χ1v) is 6.13. The Morgan fingerprint density at radius 1 is 1.31 bits per heavy atom. The van der Waals surface area contributed by atoms with Gasteiger partial charge >= 0.3 is 0 Å². The molecule has 1 heterocycles. The van der Waals surface area contributed by atoms with E-state index in [4.69, 9.17) is 17.3 Å². The van der Waals surface area contributed by atoms with Crippen molar-refractivity contribution < 1.29 is 0 Å². The van der Waals surface area contributed by atoms with E-state index >= 15 is 0 Å². The molecule has 0 spiro atoms. The summed E-state index contributed by atoms with van der Waals surface area (Å²) in [6, 6.07) is 4.03. The zero-order valence-electron chi connectivity index (χ0n) is 9.19. The average Bonchev–Trinajstić information content (AvgIpc) is 2.33. The minimum atomic E-state index is 0.421. The number of halogens is 1. The summed E-state index contributed by atoms with van der Waals surface area (Å²) in [6.07, 6.45) is 4.91. The van der Waals surface area contributed by atoms with Gasteiger partial charge in [0, 0.05) is 6.04 Å². The fourth-order valence-corrected chi connectivity index (χ4v) is 2.36. The van der Waals surface area contributed by atoms with E-state index in [0.29, 0.717) is 17.1 Å². The van der Waals surface area contributed by atoms with Crippen LogP contribution in [-0.2, 0) is 0 Å². The first-order chi connectivity index (χ1) is 7.79. The lowest BCUT2D eigenvalue weighted by Gasteiger charge is -2.31. The van der Waals surface area contributed by atoms with Gasteiger partial charge in [-0.2, -0.15) is 0 Å². The van der Waals surface area contributed by atoms with Gasteiger partial charge in [-0.25, -0.2) is 0 Å². The molecule has 1 fully saturated rings. The normalized spacial score (nSPS) is 25.4. The van der Waals surface area contributed by atoms with Crippen molar-refractivity contribution in [3.05, 3.63) is 17.3 Å². The van der Waals surface area contributed by atoms with Gasteiger partial charge in [-0.15, -0.1) is 10.2 Å². The molecule has 2 unspecified atom stereocenters. The van der Waals surface area contributed by atoms with Crippen LogP contribution in [0.5, 0.6) is 0 Å². The van der Waals surface area contributed by atoms with Crippen LogP contribution in [0.1, 0.15) is 25.7 Å². The van der Waals surface area contributed by atoms with Crippen LogP contribution in [0.3, 0.4) is 0 Å². The Morgan fingerprint density at radius 3 is 2.81 bits per heavy atom. The standard InChI is InChI=1S/C11H17ClN4/c12-10-5-6-11(16-15-10)14-9-4-2-1-3-8(9)7-13/h5-6,8-9H,1-4,7,13H2,(H,14,16). The van der Waals surface area contributed by atoms with Crippen molar-refractivity contribution in [1.82, 2.24) is 10.2 Å². The van der Waals surface area contributed by atoms with Gasteiger partial charge in [-0.3, -0.25) is 0 Å². The van der Waals surface area contributed by atoms with Gasteiger partial charge in [-0.05, 0) is 37.4 Å². The molecule has 2 rings (SSSR count). The molecule has 5 heteroatoms. The van der Waals surface area contributed by atoms with E-state index in [9.17, 15) is 0 Å². The van der Waals surface area contributed by atoms with E-state index in [1.54, 1.807) is 6.07 Å². The lowest BCUT2D eigenvalue weighted by Crippen LogP contribution is -2.36. The summed E-state index contributed by atoms with van der Waals surface area (Å²) in [5.41, 5.74) is 5.77. The van der Waals surface area contributed by atoms with Crippen LogP contribution in [0.4, 0.5) is 5.82 Å². The summed E-state index contributed by atoms with van der Waals surface area (Å²) in [4.78, 5) is 0. The van der Waals surface area contributed by atoms with Gasteiger partial charge in [-0.1, -0.05) is 24.4 Å². The summed E-state index contributed by atoms with van der Waals surface area (Å²) < 4.78 is 0. The summed E-state index contributed by atoms with van der Waals surface area (Å²) in [5.74, 6) is 1.33. The lowest BCUT2D eigenvalue weighted by molar-refractivity contribution is 0.332. The monoisotopic (exact) mass is 240 g/mol. The fraction of sp³-hybridized carbons (Fsp3) is 0.636. The Balaban J connectivity index is 1.99. The van der Waals surface area contributed by atoms with Crippen LogP contribution in [0.15, 0.2) is 12.1 Å². The van der Waals surface area contributed by atoms with Crippen molar-refractivity contribution in [2.45, 2.75) is 31.7 Å². The highest BCUT2D eigenvalue weighted by molar-refractivity contribution is 6.29. The number of rotatable bonds is 3. The van der Waals surface area contributed by atoms with E-state index in [-0.39, 0.29) is 0 Å². The van der Waals surface area contributed by atoms with Crippen molar-refractivity contribution in [3.8, 4) is 0 Å². The third-order valence-corrected chi connectivity index (χ3v) is 3.38.